The number of anilines is 1. The van der Waals surface area contributed by atoms with Crippen LogP contribution in [0.5, 0.6) is 11.6 Å². The van der Waals surface area contributed by atoms with E-state index in [0.717, 1.165) is 32.0 Å². The number of nitrogens with one attached hydrogen (secondary N) is 1. The molecule has 1 aromatic heterocycles. The van der Waals surface area contributed by atoms with Gasteiger partial charge in [-0.15, -0.1) is 0 Å². The van der Waals surface area contributed by atoms with Crippen LogP contribution in [-0.4, -0.2) is 59.5 Å². The molecule has 1 N–H and O–H groups in total. The summed E-state index contributed by atoms with van der Waals surface area (Å²) in [5.74, 6) is 2.05. The molecule has 7 nitrogen and oxygen atoms in total. The number of hydrogen-bond donors (Lipinski definition) is 1. The van der Waals surface area contributed by atoms with Gasteiger partial charge in [-0.2, -0.15) is 0 Å². The lowest BCUT2D eigenvalue weighted by atomic mass is 10.3. The van der Waals surface area contributed by atoms with Crippen molar-refractivity contribution in [3.8, 4) is 11.6 Å². The number of nitrogens with zero attached hydrogens (tertiary/aromatic N) is 4. The van der Waals surface area contributed by atoms with Gasteiger partial charge in [0.1, 0.15) is 17.9 Å². The second-order valence-electron chi connectivity index (χ2n) is 6.76. The average Bonchev–Trinajstić information content (AvgIpc) is 2.64. The molecule has 2 heterocycles. The quantitative estimate of drug-likeness (QED) is 0.818. The summed E-state index contributed by atoms with van der Waals surface area (Å²) in [5, 5.41) is 3.59. The van der Waals surface area contributed by atoms with E-state index >= 15 is 0 Å². The van der Waals surface area contributed by atoms with E-state index in [1.807, 2.05) is 19.9 Å². The molecule has 2 aromatic rings. The molecule has 0 radical (unpaired) electrons. The van der Waals surface area contributed by atoms with Crippen LogP contribution < -0.4 is 15.0 Å². The summed E-state index contributed by atoms with van der Waals surface area (Å²) in [7, 11) is 0. The normalized spacial score (nSPS) is 15.0. The number of halogens is 1. The van der Waals surface area contributed by atoms with Crippen LogP contribution in [0.1, 0.15) is 13.8 Å². The van der Waals surface area contributed by atoms with Crippen molar-refractivity contribution in [1.82, 2.24) is 20.2 Å². The van der Waals surface area contributed by atoms with E-state index in [2.05, 4.69) is 25.1 Å². The van der Waals surface area contributed by atoms with E-state index in [0.29, 0.717) is 23.2 Å². The van der Waals surface area contributed by atoms with Crippen LogP contribution in [0, 0.1) is 0 Å². The van der Waals surface area contributed by atoms with Gasteiger partial charge in [0.2, 0.25) is 11.8 Å². The van der Waals surface area contributed by atoms with Crippen LogP contribution in [-0.2, 0) is 4.79 Å². The molecular weight excluding hydrogens is 366 g/mol. The van der Waals surface area contributed by atoms with Crippen LogP contribution in [0.25, 0.3) is 0 Å². The van der Waals surface area contributed by atoms with E-state index in [-0.39, 0.29) is 11.9 Å². The number of piperazine rings is 1. The standard InChI is InChI=1S/C19H24ClN5O2/c1-14(2)23-18(26)12-24-7-9-25(10-8-24)17-11-19(22-13-21-17)27-16-5-3-15(20)4-6-16/h3-6,11,13-14H,7-10,12H2,1-2H3,(H,23,26). The Morgan fingerprint density at radius 3 is 2.56 bits per heavy atom. The second-order valence-corrected chi connectivity index (χ2v) is 7.19. The van der Waals surface area contributed by atoms with E-state index < -0.39 is 0 Å². The van der Waals surface area contributed by atoms with Crippen LogP contribution in [0.15, 0.2) is 36.7 Å². The summed E-state index contributed by atoms with van der Waals surface area (Å²) in [5.41, 5.74) is 0. The molecular formula is C19H24ClN5O2. The zero-order valence-corrected chi connectivity index (χ0v) is 16.3. The van der Waals surface area contributed by atoms with Gasteiger partial charge in [-0.25, -0.2) is 9.97 Å². The topological polar surface area (TPSA) is 70.6 Å². The summed E-state index contributed by atoms with van der Waals surface area (Å²) in [6.07, 6.45) is 1.50. The van der Waals surface area contributed by atoms with Gasteiger partial charge >= 0.3 is 0 Å². The van der Waals surface area contributed by atoms with Crippen molar-refractivity contribution in [2.24, 2.45) is 0 Å². The van der Waals surface area contributed by atoms with Crippen LogP contribution in [0.3, 0.4) is 0 Å². The summed E-state index contributed by atoms with van der Waals surface area (Å²) < 4.78 is 5.78. The fourth-order valence-corrected chi connectivity index (χ4v) is 3.01. The van der Waals surface area contributed by atoms with Crippen molar-refractivity contribution in [1.29, 1.82) is 0 Å². The molecule has 0 unspecified atom stereocenters. The largest absolute Gasteiger partial charge is 0.439 e. The minimum atomic E-state index is 0.0686. The third kappa shape index (κ3) is 5.80. The van der Waals surface area contributed by atoms with E-state index in [1.165, 1.54) is 6.33 Å². The van der Waals surface area contributed by atoms with Crippen LogP contribution >= 0.6 is 11.6 Å². The van der Waals surface area contributed by atoms with Crippen molar-refractivity contribution in [3.05, 3.63) is 41.7 Å². The molecule has 1 amide bonds. The highest BCUT2D eigenvalue weighted by Gasteiger charge is 2.20. The van der Waals surface area contributed by atoms with E-state index in [4.69, 9.17) is 16.3 Å². The van der Waals surface area contributed by atoms with Gasteiger partial charge in [0.05, 0.1) is 6.54 Å². The van der Waals surface area contributed by atoms with Gasteiger partial charge in [0, 0.05) is 43.3 Å². The van der Waals surface area contributed by atoms with Crippen LogP contribution in [0.2, 0.25) is 5.02 Å². The average molecular weight is 390 g/mol. The van der Waals surface area contributed by atoms with Gasteiger partial charge in [-0.1, -0.05) is 11.6 Å². The fraction of sp³-hybridized carbons (Fsp3) is 0.421. The van der Waals surface area contributed by atoms with Gasteiger partial charge in [-0.05, 0) is 38.1 Å². The number of aromatic nitrogens is 2. The van der Waals surface area contributed by atoms with Crippen LogP contribution in [0.4, 0.5) is 5.82 Å². The number of carbonyl (C=O) groups is 1. The Morgan fingerprint density at radius 2 is 1.89 bits per heavy atom. The first-order valence-electron chi connectivity index (χ1n) is 9.02. The Bertz CT molecular complexity index is 761. The number of amides is 1. The molecule has 8 heteroatoms. The number of carbonyl (C=O) groups excluding carboxylic acids is 1. The number of benzene rings is 1. The van der Waals surface area contributed by atoms with E-state index in [9.17, 15) is 4.79 Å². The predicted molar refractivity (Wildman–Crippen MR) is 105 cm³/mol. The lowest BCUT2D eigenvalue weighted by Crippen LogP contribution is -2.50. The summed E-state index contributed by atoms with van der Waals surface area (Å²) in [4.78, 5) is 24.8. The molecule has 1 aliphatic heterocycles. The molecule has 27 heavy (non-hydrogen) atoms. The predicted octanol–water partition coefficient (Wildman–Crippen LogP) is 2.57. The molecule has 0 bridgehead atoms. The van der Waals surface area contributed by atoms with Gasteiger partial charge in [0.15, 0.2) is 0 Å². The van der Waals surface area contributed by atoms with Crippen molar-refractivity contribution in [3.63, 3.8) is 0 Å². The first-order chi connectivity index (χ1) is 13.0. The molecule has 1 fully saturated rings. The molecule has 0 spiro atoms. The highest BCUT2D eigenvalue weighted by atomic mass is 35.5. The Balaban J connectivity index is 1.55. The van der Waals surface area contributed by atoms with Gasteiger partial charge < -0.3 is 15.0 Å². The Labute approximate surface area is 164 Å². The van der Waals surface area contributed by atoms with Crippen molar-refractivity contribution < 1.29 is 9.53 Å². The van der Waals surface area contributed by atoms with Crippen molar-refractivity contribution in [2.75, 3.05) is 37.6 Å². The Hall–Kier alpha value is -2.38. The summed E-state index contributed by atoms with van der Waals surface area (Å²) in [6, 6.07) is 9.13. The van der Waals surface area contributed by atoms with Gasteiger partial charge in [0.25, 0.3) is 0 Å². The molecule has 144 valence electrons. The molecule has 0 atom stereocenters. The van der Waals surface area contributed by atoms with Gasteiger partial charge in [-0.3, -0.25) is 9.69 Å². The molecule has 1 aliphatic rings. The smallest absolute Gasteiger partial charge is 0.234 e. The zero-order chi connectivity index (χ0) is 19.2. The first-order valence-corrected chi connectivity index (χ1v) is 9.39. The lowest BCUT2D eigenvalue weighted by Gasteiger charge is -2.35. The molecule has 3 rings (SSSR count). The number of hydrogen-bond acceptors (Lipinski definition) is 6. The maximum absolute atomic E-state index is 11.9. The van der Waals surface area contributed by atoms with Crippen molar-refractivity contribution >= 4 is 23.3 Å². The number of ether oxygens (including phenoxy) is 1. The minimum Gasteiger partial charge on any atom is -0.439 e. The Morgan fingerprint density at radius 1 is 1.19 bits per heavy atom. The maximum atomic E-state index is 11.9. The monoisotopic (exact) mass is 389 g/mol. The highest BCUT2D eigenvalue weighted by Crippen LogP contribution is 2.24. The van der Waals surface area contributed by atoms with Crippen molar-refractivity contribution in [2.45, 2.75) is 19.9 Å². The third-order valence-corrected chi connectivity index (χ3v) is 4.43. The molecule has 0 aliphatic carbocycles. The molecule has 1 saturated heterocycles. The Kier molecular flexibility index (Phi) is 6.47. The third-order valence-electron chi connectivity index (χ3n) is 4.18. The number of rotatable bonds is 6. The highest BCUT2D eigenvalue weighted by molar-refractivity contribution is 6.30. The lowest BCUT2D eigenvalue weighted by molar-refractivity contribution is -0.122. The second kappa shape index (κ2) is 9.01. The fourth-order valence-electron chi connectivity index (χ4n) is 2.89. The summed E-state index contributed by atoms with van der Waals surface area (Å²) >= 11 is 5.89. The SMILES string of the molecule is CC(C)NC(=O)CN1CCN(c2cc(Oc3ccc(Cl)cc3)ncn2)CC1. The first kappa shape index (κ1) is 19.4. The zero-order valence-electron chi connectivity index (χ0n) is 15.6. The maximum Gasteiger partial charge on any atom is 0.234 e. The molecule has 1 aromatic carbocycles. The summed E-state index contributed by atoms with van der Waals surface area (Å²) in [6.45, 7) is 7.58. The minimum absolute atomic E-state index is 0.0686. The van der Waals surface area contributed by atoms with E-state index in [1.54, 1.807) is 24.3 Å². The molecule has 0 saturated carbocycles.